The SMILES string of the molecule is O=C(CCn1ccnn1)NCc1ccc(C#CCO)s1. The second-order valence-corrected chi connectivity index (χ2v) is 5.09. The molecule has 0 saturated heterocycles. The van der Waals surface area contributed by atoms with E-state index in [1.54, 1.807) is 17.1 Å². The summed E-state index contributed by atoms with van der Waals surface area (Å²) in [6.45, 7) is 0.859. The van der Waals surface area contributed by atoms with E-state index in [0.29, 0.717) is 19.5 Å². The van der Waals surface area contributed by atoms with Gasteiger partial charge in [-0.1, -0.05) is 17.1 Å². The van der Waals surface area contributed by atoms with Crippen LogP contribution in [0.1, 0.15) is 16.2 Å². The number of rotatable bonds is 5. The first kappa shape index (κ1) is 14.2. The van der Waals surface area contributed by atoms with Gasteiger partial charge in [0.15, 0.2) is 0 Å². The summed E-state index contributed by atoms with van der Waals surface area (Å²) in [7, 11) is 0. The van der Waals surface area contributed by atoms with Crippen molar-refractivity contribution in [3.63, 3.8) is 0 Å². The van der Waals surface area contributed by atoms with E-state index in [1.165, 1.54) is 11.3 Å². The highest BCUT2D eigenvalue weighted by Gasteiger charge is 2.04. The van der Waals surface area contributed by atoms with Crippen molar-refractivity contribution in [3.8, 4) is 11.8 Å². The summed E-state index contributed by atoms with van der Waals surface area (Å²) in [5, 5.41) is 18.9. The number of carbonyl (C=O) groups is 1. The van der Waals surface area contributed by atoms with Gasteiger partial charge in [0.1, 0.15) is 6.61 Å². The molecule has 0 aromatic carbocycles. The van der Waals surface area contributed by atoms with E-state index >= 15 is 0 Å². The summed E-state index contributed by atoms with van der Waals surface area (Å²) >= 11 is 1.50. The van der Waals surface area contributed by atoms with Gasteiger partial charge in [0.2, 0.25) is 5.91 Å². The molecular formula is C13H14N4O2S. The largest absolute Gasteiger partial charge is 0.384 e. The lowest BCUT2D eigenvalue weighted by Gasteiger charge is -2.03. The molecule has 20 heavy (non-hydrogen) atoms. The fraction of sp³-hybridized carbons (Fsp3) is 0.308. The van der Waals surface area contributed by atoms with Gasteiger partial charge in [0, 0.05) is 17.5 Å². The zero-order valence-corrected chi connectivity index (χ0v) is 11.6. The first-order chi connectivity index (χ1) is 9.78. The van der Waals surface area contributed by atoms with Crippen molar-refractivity contribution in [2.45, 2.75) is 19.5 Å². The average molecular weight is 290 g/mol. The maximum Gasteiger partial charge on any atom is 0.222 e. The van der Waals surface area contributed by atoms with Crippen LogP contribution < -0.4 is 5.32 Å². The molecule has 2 aromatic rings. The summed E-state index contributed by atoms with van der Waals surface area (Å²) in [6.07, 6.45) is 3.67. The molecule has 2 rings (SSSR count). The molecule has 0 aliphatic carbocycles. The van der Waals surface area contributed by atoms with Crippen LogP contribution in [0.5, 0.6) is 0 Å². The number of hydrogen-bond acceptors (Lipinski definition) is 5. The Kier molecular flexibility index (Phi) is 5.29. The quantitative estimate of drug-likeness (QED) is 0.781. The Morgan fingerprint density at radius 1 is 1.50 bits per heavy atom. The normalized spacial score (nSPS) is 9.85. The first-order valence-electron chi connectivity index (χ1n) is 6.07. The number of aliphatic hydroxyl groups excluding tert-OH is 1. The van der Waals surface area contributed by atoms with Gasteiger partial charge in [-0.25, -0.2) is 0 Å². The Labute approximate surface area is 120 Å². The van der Waals surface area contributed by atoms with E-state index in [-0.39, 0.29) is 12.5 Å². The fourth-order valence-corrected chi connectivity index (χ4v) is 2.33. The van der Waals surface area contributed by atoms with E-state index < -0.39 is 0 Å². The number of thiophene rings is 1. The topological polar surface area (TPSA) is 80.0 Å². The molecule has 0 bridgehead atoms. The van der Waals surface area contributed by atoms with Crippen molar-refractivity contribution in [2.24, 2.45) is 0 Å². The summed E-state index contributed by atoms with van der Waals surface area (Å²) in [5.74, 6) is 5.39. The summed E-state index contributed by atoms with van der Waals surface area (Å²) in [4.78, 5) is 13.6. The van der Waals surface area contributed by atoms with Crippen LogP contribution in [0.4, 0.5) is 0 Å². The van der Waals surface area contributed by atoms with E-state index in [4.69, 9.17) is 5.11 Å². The Hall–Kier alpha value is -2.17. The molecule has 0 spiro atoms. The van der Waals surface area contributed by atoms with Crippen molar-refractivity contribution >= 4 is 17.2 Å². The van der Waals surface area contributed by atoms with Crippen LogP contribution in [0.3, 0.4) is 0 Å². The molecule has 2 N–H and O–H groups in total. The maximum atomic E-state index is 11.7. The average Bonchev–Trinajstić information content (AvgIpc) is 3.12. The Bertz CT molecular complexity index is 610. The van der Waals surface area contributed by atoms with Gasteiger partial charge in [-0.2, -0.15) is 0 Å². The van der Waals surface area contributed by atoms with Gasteiger partial charge in [0.25, 0.3) is 0 Å². The minimum absolute atomic E-state index is 0.0307. The third kappa shape index (κ3) is 4.50. The number of nitrogens with zero attached hydrogens (tertiary/aromatic N) is 3. The molecule has 6 nitrogen and oxygen atoms in total. The molecule has 2 heterocycles. The number of carbonyl (C=O) groups excluding carboxylic acids is 1. The second-order valence-electron chi connectivity index (χ2n) is 3.92. The monoisotopic (exact) mass is 290 g/mol. The van der Waals surface area contributed by atoms with Gasteiger partial charge in [0.05, 0.1) is 24.2 Å². The number of nitrogens with one attached hydrogen (secondary N) is 1. The molecule has 1 amide bonds. The zero-order chi connectivity index (χ0) is 14.2. The molecule has 0 saturated carbocycles. The fourth-order valence-electron chi connectivity index (χ4n) is 1.51. The van der Waals surface area contributed by atoms with Crippen molar-refractivity contribution in [1.29, 1.82) is 0 Å². The molecule has 7 heteroatoms. The molecule has 0 fully saturated rings. The lowest BCUT2D eigenvalue weighted by molar-refractivity contribution is -0.121. The minimum Gasteiger partial charge on any atom is -0.384 e. The van der Waals surface area contributed by atoms with Crippen LogP contribution in [-0.4, -0.2) is 32.6 Å². The number of aromatic nitrogens is 3. The molecular weight excluding hydrogens is 276 g/mol. The predicted octanol–water partition coefficient (Wildman–Crippen LogP) is 0.390. The van der Waals surface area contributed by atoms with Crippen LogP contribution in [0.2, 0.25) is 0 Å². The van der Waals surface area contributed by atoms with Gasteiger partial charge in [-0.05, 0) is 12.1 Å². The van der Waals surface area contributed by atoms with E-state index in [9.17, 15) is 4.79 Å². The number of amides is 1. The third-order valence-corrected chi connectivity index (χ3v) is 3.45. The van der Waals surface area contributed by atoms with E-state index in [0.717, 1.165) is 9.75 Å². The number of aryl methyl sites for hydroxylation is 1. The molecule has 2 aromatic heterocycles. The lowest BCUT2D eigenvalue weighted by Crippen LogP contribution is -2.23. The molecule has 0 radical (unpaired) electrons. The van der Waals surface area contributed by atoms with Gasteiger partial charge < -0.3 is 10.4 Å². The number of hydrogen-bond donors (Lipinski definition) is 2. The summed E-state index contributed by atoms with van der Waals surface area (Å²) in [5.41, 5.74) is 0. The highest BCUT2D eigenvalue weighted by atomic mass is 32.1. The highest BCUT2D eigenvalue weighted by molar-refractivity contribution is 7.12. The molecule has 0 aliphatic rings. The van der Waals surface area contributed by atoms with Crippen molar-refractivity contribution in [1.82, 2.24) is 20.3 Å². The van der Waals surface area contributed by atoms with Gasteiger partial charge >= 0.3 is 0 Å². The zero-order valence-electron chi connectivity index (χ0n) is 10.7. The van der Waals surface area contributed by atoms with Crippen LogP contribution in [-0.2, 0) is 17.9 Å². The van der Waals surface area contributed by atoms with Crippen LogP contribution in [0.25, 0.3) is 0 Å². The van der Waals surface area contributed by atoms with Crippen molar-refractivity contribution in [2.75, 3.05) is 6.61 Å². The molecule has 0 unspecified atom stereocenters. The van der Waals surface area contributed by atoms with Crippen LogP contribution >= 0.6 is 11.3 Å². The Morgan fingerprint density at radius 2 is 2.40 bits per heavy atom. The summed E-state index contributed by atoms with van der Waals surface area (Å²) < 4.78 is 1.62. The van der Waals surface area contributed by atoms with Crippen molar-refractivity contribution in [3.05, 3.63) is 34.3 Å². The predicted molar refractivity (Wildman–Crippen MR) is 74.8 cm³/mol. The van der Waals surface area contributed by atoms with Gasteiger partial charge in [-0.3, -0.25) is 9.48 Å². The Morgan fingerprint density at radius 3 is 3.15 bits per heavy atom. The van der Waals surface area contributed by atoms with Crippen LogP contribution in [0.15, 0.2) is 24.5 Å². The Balaban J connectivity index is 1.74. The standard InChI is InChI=1S/C13H14N4O2S/c18-9-1-2-11-3-4-12(20-11)10-14-13(19)5-7-17-8-6-15-16-17/h3-4,6,8,18H,5,7,9-10H2,(H,14,19). The lowest BCUT2D eigenvalue weighted by atomic mass is 10.3. The van der Waals surface area contributed by atoms with Crippen LogP contribution in [0, 0.1) is 11.8 Å². The van der Waals surface area contributed by atoms with E-state index in [2.05, 4.69) is 27.5 Å². The van der Waals surface area contributed by atoms with E-state index in [1.807, 2.05) is 12.1 Å². The maximum absolute atomic E-state index is 11.7. The smallest absolute Gasteiger partial charge is 0.222 e. The number of aliphatic hydroxyl groups is 1. The first-order valence-corrected chi connectivity index (χ1v) is 6.89. The second kappa shape index (κ2) is 7.43. The van der Waals surface area contributed by atoms with Crippen molar-refractivity contribution < 1.29 is 9.90 Å². The highest BCUT2D eigenvalue weighted by Crippen LogP contribution is 2.14. The minimum atomic E-state index is -0.147. The molecule has 0 aliphatic heterocycles. The molecule has 0 atom stereocenters. The molecule has 104 valence electrons. The van der Waals surface area contributed by atoms with Gasteiger partial charge in [-0.15, -0.1) is 16.4 Å². The summed E-state index contributed by atoms with van der Waals surface area (Å²) in [6, 6.07) is 3.80. The third-order valence-electron chi connectivity index (χ3n) is 2.45.